The molecule has 0 fully saturated rings. The highest BCUT2D eigenvalue weighted by molar-refractivity contribution is 5.58. The Morgan fingerprint density at radius 2 is 2.07 bits per heavy atom. The summed E-state index contributed by atoms with van der Waals surface area (Å²) in [6.45, 7) is 0.272. The van der Waals surface area contributed by atoms with Gasteiger partial charge in [-0.15, -0.1) is 0 Å². The molecular formula is C17H14N6O4. The Balaban J connectivity index is 1.57. The van der Waals surface area contributed by atoms with Crippen LogP contribution in [-0.2, 0) is 6.61 Å². The number of hydrogen-bond donors (Lipinski definition) is 1. The van der Waals surface area contributed by atoms with Crippen LogP contribution in [-0.4, -0.2) is 37.5 Å². The molecule has 2 aromatic carbocycles. The number of benzene rings is 2. The molecule has 0 aliphatic carbocycles. The summed E-state index contributed by atoms with van der Waals surface area (Å²) in [5.41, 5.74) is 2.20. The number of aromatic nitrogens is 6. The average molecular weight is 366 g/mol. The maximum atomic E-state index is 11.1. The highest BCUT2D eigenvalue weighted by Crippen LogP contribution is 2.21. The molecule has 1 N–H and O–H groups in total. The Kier molecular flexibility index (Phi) is 4.35. The van der Waals surface area contributed by atoms with E-state index < -0.39 is 5.76 Å². The molecule has 0 amide bonds. The molecule has 0 saturated carbocycles. The average Bonchev–Trinajstić information content (AvgIpc) is 3.35. The van der Waals surface area contributed by atoms with E-state index in [4.69, 9.17) is 9.47 Å². The fourth-order valence-electron chi connectivity index (χ4n) is 2.48. The van der Waals surface area contributed by atoms with E-state index >= 15 is 0 Å². The number of rotatable bonds is 6. The number of nitrogens with one attached hydrogen (secondary N) is 1. The molecule has 0 aliphatic rings. The summed E-state index contributed by atoms with van der Waals surface area (Å²) in [6, 6.07) is 14.9. The van der Waals surface area contributed by atoms with E-state index in [9.17, 15) is 4.79 Å². The van der Waals surface area contributed by atoms with Crippen LogP contribution < -0.4 is 15.2 Å². The van der Waals surface area contributed by atoms with Crippen molar-refractivity contribution < 1.29 is 14.0 Å². The standard InChI is InChI=1S/C17H14N6O4/c1-25-14-7-2-4-11(8-14)10-26-16-19-21-22-23(16)13-6-3-5-12(9-13)15-18-17(24)27-20-15/h2-9H,10H2,1H3,(H,18,20,24). The van der Waals surface area contributed by atoms with Gasteiger partial charge in [-0.1, -0.05) is 34.5 Å². The largest absolute Gasteiger partial charge is 0.497 e. The first-order chi connectivity index (χ1) is 13.2. The van der Waals surface area contributed by atoms with Crippen LogP contribution in [0.5, 0.6) is 11.8 Å². The minimum atomic E-state index is -0.625. The third kappa shape index (κ3) is 3.54. The van der Waals surface area contributed by atoms with Crippen molar-refractivity contribution in [2.24, 2.45) is 0 Å². The van der Waals surface area contributed by atoms with Gasteiger partial charge in [-0.05, 0) is 40.3 Å². The molecule has 0 radical (unpaired) electrons. The van der Waals surface area contributed by atoms with Crippen LogP contribution in [0.1, 0.15) is 5.56 Å². The number of H-pyrrole nitrogens is 1. The monoisotopic (exact) mass is 366 g/mol. The van der Waals surface area contributed by atoms with Gasteiger partial charge in [-0.2, -0.15) is 4.68 Å². The quantitative estimate of drug-likeness (QED) is 0.546. The molecule has 136 valence electrons. The first-order valence-corrected chi connectivity index (χ1v) is 7.94. The number of methoxy groups -OCH3 is 1. The van der Waals surface area contributed by atoms with Crippen LogP contribution in [0.15, 0.2) is 57.8 Å². The third-order valence-electron chi connectivity index (χ3n) is 3.75. The van der Waals surface area contributed by atoms with E-state index in [0.717, 1.165) is 11.3 Å². The van der Waals surface area contributed by atoms with E-state index in [1.807, 2.05) is 24.3 Å². The van der Waals surface area contributed by atoms with Crippen molar-refractivity contribution in [2.75, 3.05) is 7.11 Å². The summed E-state index contributed by atoms with van der Waals surface area (Å²) in [4.78, 5) is 13.6. The first kappa shape index (κ1) is 16.5. The summed E-state index contributed by atoms with van der Waals surface area (Å²) in [5, 5.41) is 15.2. The summed E-state index contributed by atoms with van der Waals surface area (Å²) < 4.78 is 16.9. The van der Waals surface area contributed by atoms with Crippen LogP contribution >= 0.6 is 0 Å². The molecule has 4 aromatic rings. The second kappa shape index (κ2) is 7.12. The van der Waals surface area contributed by atoms with E-state index in [1.54, 1.807) is 31.4 Å². The predicted molar refractivity (Wildman–Crippen MR) is 92.6 cm³/mol. The minimum Gasteiger partial charge on any atom is -0.497 e. The van der Waals surface area contributed by atoms with Gasteiger partial charge in [0.15, 0.2) is 5.82 Å². The first-order valence-electron chi connectivity index (χ1n) is 7.94. The van der Waals surface area contributed by atoms with Gasteiger partial charge < -0.3 is 9.47 Å². The second-order valence-corrected chi connectivity index (χ2v) is 5.51. The van der Waals surface area contributed by atoms with Crippen molar-refractivity contribution in [1.82, 2.24) is 30.3 Å². The zero-order valence-electron chi connectivity index (χ0n) is 14.2. The van der Waals surface area contributed by atoms with E-state index in [1.165, 1.54) is 4.68 Å². The van der Waals surface area contributed by atoms with E-state index in [2.05, 4.69) is 30.2 Å². The minimum absolute atomic E-state index is 0.226. The van der Waals surface area contributed by atoms with Crippen LogP contribution in [0.2, 0.25) is 0 Å². The fraction of sp³-hybridized carbons (Fsp3) is 0.118. The summed E-state index contributed by atoms with van der Waals surface area (Å²) in [7, 11) is 1.61. The molecular weight excluding hydrogens is 352 g/mol. The highest BCUT2D eigenvalue weighted by Gasteiger charge is 2.12. The molecule has 0 aliphatic heterocycles. The molecule has 2 aromatic heterocycles. The molecule has 27 heavy (non-hydrogen) atoms. The third-order valence-corrected chi connectivity index (χ3v) is 3.75. The lowest BCUT2D eigenvalue weighted by atomic mass is 10.2. The Bertz CT molecular complexity index is 1120. The van der Waals surface area contributed by atoms with Crippen LogP contribution in [0, 0.1) is 0 Å². The molecule has 0 bridgehead atoms. The number of aromatic amines is 1. The van der Waals surface area contributed by atoms with Gasteiger partial charge in [0.25, 0.3) is 0 Å². The molecule has 10 heteroatoms. The summed E-state index contributed by atoms with van der Waals surface area (Å²) >= 11 is 0. The Morgan fingerprint density at radius 3 is 2.89 bits per heavy atom. The molecule has 10 nitrogen and oxygen atoms in total. The van der Waals surface area contributed by atoms with Gasteiger partial charge >= 0.3 is 11.8 Å². The van der Waals surface area contributed by atoms with Gasteiger partial charge in [0.05, 0.1) is 12.8 Å². The molecule has 0 atom stereocenters. The lowest BCUT2D eigenvalue weighted by molar-refractivity contribution is 0.272. The zero-order chi connectivity index (χ0) is 18.6. The van der Waals surface area contributed by atoms with Crippen molar-refractivity contribution >= 4 is 0 Å². The van der Waals surface area contributed by atoms with Crippen molar-refractivity contribution in [3.8, 4) is 28.8 Å². The van der Waals surface area contributed by atoms with Crippen LogP contribution in [0.3, 0.4) is 0 Å². The molecule has 0 spiro atoms. The second-order valence-electron chi connectivity index (χ2n) is 5.51. The Hall–Kier alpha value is -3.95. The highest BCUT2D eigenvalue weighted by atomic mass is 16.5. The predicted octanol–water partition coefficient (Wildman–Crippen LogP) is 1.59. The number of hydrogen-bond acceptors (Lipinski definition) is 8. The van der Waals surface area contributed by atoms with Gasteiger partial charge in [0, 0.05) is 5.56 Å². The summed E-state index contributed by atoms with van der Waals surface area (Å²) in [5.74, 6) is 0.430. The lowest BCUT2D eigenvalue weighted by Crippen LogP contribution is -2.04. The number of ether oxygens (including phenoxy) is 2. The normalized spacial score (nSPS) is 10.7. The van der Waals surface area contributed by atoms with Crippen LogP contribution in [0.25, 0.3) is 17.1 Å². The maximum Gasteiger partial charge on any atom is 0.439 e. The van der Waals surface area contributed by atoms with Gasteiger partial charge in [0.2, 0.25) is 0 Å². The fourth-order valence-corrected chi connectivity index (χ4v) is 2.48. The van der Waals surface area contributed by atoms with Gasteiger partial charge in [0.1, 0.15) is 12.4 Å². The van der Waals surface area contributed by atoms with Gasteiger partial charge in [-0.3, -0.25) is 9.51 Å². The Morgan fingerprint density at radius 1 is 1.19 bits per heavy atom. The van der Waals surface area contributed by atoms with Crippen molar-refractivity contribution in [2.45, 2.75) is 6.61 Å². The van der Waals surface area contributed by atoms with Crippen molar-refractivity contribution in [3.05, 3.63) is 64.6 Å². The molecule has 4 rings (SSSR count). The molecule has 0 saturated heterocycles. The topological polar surface area (TPSA) is 121 Å². The van der Waals surface area contributed by atoms with Crippen molar-refractivity contribution in [3.63, 3.8) is 0 Å². The SMILES string of the molecule is COc1cccc(COc2nnnn2-c2cccc(-c3noc(=O)[nH]3)c2)c1. The van der Waals surface area contributed by atoms with E-state index in [0.29, 0.717) is 17.1 Å². The van der Waals surface area contributed by atoms with Crippen molar-refractivity contribution in [1.29, 1.82) is 0 Å². The summed E-state index contributed by atoms with van der Waals surface area (Å²) in [6.07, 6.45) is 0. The molecule has 2 heterocycles. The Labute approximate surface area is 152 Å². The lowest BCUT2D eigenvalue weighted by Gasteiger charge is -2.08. The zero-order valence-corrected chi connectivity index (χ0v) is 14.2. The van der Waals surface area contributed by atoms with E-state index in [-0.39, 0.29) is 12.6 Å². The number of tetrazole rings is 1. The number of nitrogens with zero attached hydrogens (tertiary/aromatic N) is 5. The molecule has 0 unspecified atom stereocenters. The van der Waals surface area contributed by atoms with Crippen LogP contribution in [0.4, 0.5) is 0 Å². The smallest absolute Gasteiger partial charge is 0.439 e. The van der Waals surface area contributed by atoms with Gasteiger partial charge in [-0.25, -0.2) is 4.79 Å². The maximum absolute atomic E-state index is 11.1.